The van der Waals surface area contributed by atoms with Crippen molar-refractivity contribution in [2.75, 3.05) is 0 Å². The van der Waals surface area contributed by atoms with Crippen molar-refractivity contribution in [1.82, 2.24) is 0 Å². The van der Waals surface area contributed by atoms with Crippen LogP contribution in [0.25, 0.3) is 0 Å². The van der Waals surface area contributed by atoms with Gasteiger partial charge < -0.3 is 20.4 Å². The molecule has 0 aromatic rings. The summed E-state index contributed by atoms with van der Waals surface area (Å²) in [6.07, 6.45) is 4.98. The zero-order valence-corrected chi connectivity index (χ0v) is 10.6. The van der Waals surface area contributed by atoms with Crippen LogP contribution in [0.2, 0.25) is 0 Å². The molecule has 0 aromatic carbocycles. The second kappa shape index (κ2) is 12.8. The van der Waals surface area contributed by atoms with E-state index in [-0.39, 0.29) is 12.8 Å². The molecule has 0 bridgehead atoms. The molecule has 0 aliphatic rings. The lowest BCUT2D eigenvalue weighted by molar-refractivity contribution is -0.139. The Kier molecular flexibility index (Phi) is 12.6. The molecule has 0 amide bonds. The highest BCUT2D eigenvalue weighted by atomic mass is 16.4. The fourth-order valence-corrected chi connectivity index (χ4v) is 0.828. The SMILES string of the molecule is O=C(O)/C=C/C=C/C(=O)O.O=C(O)CCCCC(=O)O. The van der Waals surface area contributed by atoms with E-state index >= 15 is 0 Å². The largest absolute Gasteiger partial charge is 0.481 e. The maximum atomic E-state index is 9.90. The molecule has 4 N–H and O–H groups in total. The maximum absolute atomic E-state index is 9.90. The van der Waals surface area contributed by atoms with E-state index in [1.165, 1.54) is 0 Å². The lowest BCUT2D eigenvalue weighted by Gasteiger charge is -1.92. The van der Waals surface area contributed by atoms with Crippen LogP contribution in [0.4, 0.5) is 0 Å². The molecule has 0 fully saturated rings. The van der Waals surface area contributed by atoms with Crippen molar-refractivity contribution < 1.29 is 39.6 Å². The van der Waals surface area contributed by atoms with Gasteiger partial charge in [-0.15, -0.1) is 0 Å². The third kappa shape index (κ3) is 24.5. The Morgan fingerprint density at radius 2 is 0.950 bits per heavy atom. The van der Waals surface area contributed by atoms with Crippen molar-refractivity contribution in [3.05, 3.63) is 24.3 Å². The number of hydrogen-bond donors (Lipinski definition) is 4. The van der Waals surface area contributed by atoms with Crippen molar-refractivity contribution in [2.45, 2.75) is 25.7 Å². The molecule has 0 spiro atoms. The van der Waals surface area contributed by atoms with Crippen LogP contribution in [0.3, 0.4) is 0 Å². The molecule has 0 aliphatic carbocycles. The van der Waals surface area contributed by atoms with Crippen LogP contribution in [0.1, 0.15) is 25.7 Å². The standard InChI is InChI=1S/C6H10O4.C6H6O4/c2*7-5(8)3-1-2-4-6(9)10/h1-4H2,(H,7,8)(H,9,10);1-4H,(H,7,8)(H,9,10)/b;3-1+,4-2+. The summed E-state index contributed by atoms with van der Waals surface area (Å²) in [6.45, 7) is 0. The van der Waals surface area contributed by atoms with Gasteiger partial charge in [-0.1, -0.05) is 12.2 Å². The van der Waals surface area contributed by atoms with Gasteiger partial charge in [-0.05, 0) is 12.8 Å². The van der Waals surface area contributed by atoms with Gasteiger partial charge in [-0.2, -0.15) is 0 Å². The summed E-state index contributed by atoms with van der Waals surface area (Å²) in [7, 11) is 0. The normalized spacial score (nSPS) is 10.0. The number of carboxylic acid groups (broad SMARTS) is 4. The fraction of sp³-hybridized carbons (Fsp3) is 0.333. The zero-order valence-electron chi connectivity index (χ0n) is 10.6. The molecular formula is C12H16O8. The molecule has 20 heavy (non-hydrogen) atoms. The Hall–Kier alpha value is -2.64. The summed E-state index contributed by atoms with van der Waals surface area (Å²) in [6, 6.07) is 0. The highest BCUT2D eigenvalue weighted by molar-refractivity contribution is 5.82. The first-order valence-corrected chi connectivity index (χ1v) is 5.50. The Labute approximate surface area is 114 Å². The molecule has 0 heterocycles. The summed E-state index contributed by atoms with van der Waals surface area (Å²) in [5.41, 5.74) is 0. The van der Waals surface area contributed by atoms with E-state index in [1.54, 1.807) is 0 Å². The smallest absolute Gasteiger partial charge is 0.328 e. The molecule has 0 rings (SSSR count). The Morgan fingerprint density at radius 3 is 1.15 bits per heavy atom. The Balaban J connectivity index is 0. The second-order valence-electron chi connectivity index (χ2n) is 3.39. The topological polar surface area (TPSA) is 149 Å². The molecule has 0 atom stereocenters. The van der Waals surface area contributed by atoms with E-state index in [2.05, 4.69) is 0 Å². The van der Waals surface area contributed by atoms with Gasteiger partial charge in [0.05, 0.1) is 0 Å². The first-order valence-electron chi connectivity index (χ1n) is 5.50. The van der Waals surface area contributed by atoms with Crippen LogP contribution in [-0.2, 0) is 19.2 Å². The van der Waals surface area contributed by atoms with E-state index in [0.717, 1.165) is 24.3 Å². The van der Waals surface area contributed by atoms with Crippen LogP contribution in [0, 0.1) is 0 Å². The molecule has 0 aliphatic heterocycles. The van der Waals surface area contributed by atoms with Crippen molar-refractivity contribution in [3.8, 4) is 0 Å². The first kappa shape index (κ1) is 19.7. The average Bonchev–Trinajstić information content (AvgIpc) is 2.30. The molecule has 8 heteroatoms. The minimum atomic E-state index is -1.10. The highest BCUT2D eigenvalue weighted by Crippen LogP contribution is 1.98. The summed E-state index contributed by atoms with van der Waals surface area (Å²) < 4.78 is 0. The minimum absolute atomic E-state index is 0.0628. The van der Waals surface area contributed by atoms with Gasteiger partial charge in [-0.3, -0.25) is 9.59 Å². The molecule has 0 saturated heterocycles. The monoisotopic (exact) mass is 288 g/mol. The third-order valence-electron chi connectivity index (χ3n) is 1.62. The average molecular weight is 288 g/mol. The van der Waals surface area contributed by atoms with Gasteiger partial charge in [0, 0.05) is 25.0 Å². The summed E-state index contributed by atoms with van der Waals surface area (Å²) in [5.74, 6) is -3.94. The lowest BCUT2D eigenvalue weighted by Crippen LogP contribution is -1.97. The van der Waals surface area contributed by atoms with Gasteiger partial charge in [0.15, 0.2) is 0 Å². The van der Waals surface area contributed by atoms with Crippen molar-refractivity contribution in [2.24, 2.45) is 0 Å². The Bertz CT molecular complexity index is 356. The summed E-state index contributed by atoms with van der Waals surface area (Å²) >= 11 is 0. The van der Waals surface area contributed by atoms with E-state index in [9.17, 15) is 19.2 Å². The van der Waals surface area contributed by atoms with Crippen LogP contribution in [0.5, 0.6) is 0 Å². The predicted molar refractivity (Wildman–Crippen MR) is 67.3 cm³/mol. The van der Waals surface area contributed by atoms with Gasteiger partial charge in [-0.25, -0.2) is 9.59 Å². The number of carbonyl (C=O) groups is 4. The molecule has 0 saturated carbocycles. The van der Waals surface area contributed by atoms with Gasteiger partial charge >= 0.3 is 23.9 Å². The molecule has 112 valence electrons. The third-order valence-corrected chi connectivity index (χ3v) is 1.62. The zero-order chi connectivity index (χ0) is 16.0. The van der Waals surface area contributed by atoms with E-state index in [0.29, 0.717) is 12.8 Å². The minimum Gasteiger partial charge on any atom is -0.481 e. The molecule has 8 nitrogen and oxygen atoms in total. The molecule has 0 aromatic heterocycles. The van der Waals surface area contributed by atoms with Gasteiger partial charge in [0.2, 0.25) is 0 Å². The summed E-state index contributed by atoms with van der Waals surface area (Å²) in [5, 5.41) is 32.3. The number of rotatable bonds is 8. The maximum Gasteiger partial charge on any atom is 0.328 e. The second-order valence-corrected chi connectivity index (χ2v) is 3.39. The number of aliphatic carboxylic acids is 4. The van der Waals surface area contributed by atoms with Crippen LogP contribution >= 0.6 is 0 Å². The summed E-state index contributed by atoms with van der Waals surface area (Å²) in [4.78, 5) is 39.3. The van der Waals surface area contributed by atoms with Crippen LogP contribution in [0.15, 0.2) is 24.3 Å². The van der Waals surface area contributed by atoms with Gasteiger partial charge in [0.25, 0.3) is 0 Å². The Morgan fingerprint density at radius 1 is 0.650 bits per heavy atom. The van der Waals surface area contributed by atoms with E-state index in [1.807, 2.05) is 0 Å². The number of carboxylic acids is 4. The van der Waals surface area contributed by atoms with Gasteiger partial charge in [0.1, 0.15) is 0 Å². The predicted octanol–water partition coefficient (Wildman–Crippen LogP) is 0.984. The molecule has 0 radical (unpaired) electrons. The van der Waals surface area contributed by atoms with Crippen molar-refractivity contribution in [1.29, 1.82) is 0 Å². The number of hydrogen-bond acceptors (Lipinski definition) is 4. The number of unbranched alkanes of at least 4 members (excludes halogenated alkanes) is 1. The molecular weight excluding hydrogens is 272 g/mol. The molecule has 0 unspecified atom stereocenters. The van der Waals surface area contributed by atoms with Crippen LogP contribution in [-0.4, -0.2) is 44.3 Å². The van der Waals surface area contributed by atoms with E-state index < -0.39 is 23.9 Å². The highest BCUT2D eigenvalue weighted by Gasteiger charge is 1.99. The number of allylic oxidation sites excluding steroid dienone is 2. The van der Waals surface area contributed by atoms with Crippen molar-refractivity contribution in [3.63, 3.8) is 0 Å². The fourth-order valence-electron chi connectivity index (χ4n) is 0.828. The van der Waals surface area contributed by atoms with Crippen LogP contribution < -0.4 is 0 Å². The first-order chi connectivity index (χ1) is 9.25. The van der Waals surface area contributed by atoms with E-state index in [4.69, 9.17) is 20.4 Å². The van der Waals surface area contributed by atoms with Crippen molar-refractivity contribution >= 4 is 23.9 Å². The lowest BCUT2D eigenvalue weighted by atomic mass is 10.2. The quantitative estimate of drug-likeness (QED) is 0.293.